The molecule has 0 spiro atoms. The molecule has 0 N–H and O–H groups in total. The van der Waals surface area contributed by atoms with Gasteiger partial charge in [-0.3, -0.25) is 4.57 Å². The monoisotopic (exact) mass is 669 g/mol. The minimum atomic E-state index is 0.600. The number of aromatic nitrogens is 5. The Kier molecular flexibility index (Phi) is 6.05. The fourth-order valence-corrected chi connectivity index (χ4v) is 8.80. The van der Waals surface area contributed by atoms with Gasteiger partial charge in [-0.2, -0.15) is 9.97 Å². The molecule has 11 aromatic rings. The lowest BCUT2D eigenvalue weighted by Gasteiger charge is -2.10. The molecule has 0 saturated heterocycles. The molecule has 0 aliphatic heterocycles. The molecule has 0 bridgehead atoms. The number of para-hydroxylation sites is 3. The summed E-state index contributed by atoms with van der Waals surface area (Å²) in [6, 6.07) is 57.8. The quantitative estimate of drug-likeness (QED) is 0.187. The number of rotatable bonds is 4. The summed E-state index contributed by atoms with van der Waals surface area (Å²) >= 11 is 1.84. The Hall–Kier alpha value is -6.63. The third-order valence-electron chi connectivity index (χ3n) is 9.96. The largest absolute Gasteiger partial charge is 0.309 e. The SMILES string of the molecule is c1ccc(-c2nc(-c3ccccc3)nc(-n3c4ccccc4c4cc5c(cc43)sc3cc4c(cc35)c3ccccc3n4-c3ccccc3)n2)cc1. The van der Waals surface area contributed by atoms with E-state index in [-0.39, 0.29) is 0 Å². The lowest BCUT2D eigenvalue weighted by atomic mass is 10.1. The standard InChI is InChI=1S/C45H27N5S/c1-4-14-28(15-5-1)43-46-44(29-16-6-2-7-17-29)48-45(47-43)50-38-23-13-11-21-32(38)34-25-36-35-24-33-31-20-10-12-22-37(31)49(30-18-8-3-9-19-30)39(33)26-41(35)51-42(36)27-40(34)50/h1-27H. The van der Waals surface area contributed by atoms with Gasteiger partial charge in [0.05, 0.1) is 22.1 Å². The first-order valence-electron chi connectivity index (χ1n) is 17.0. The Balaban J connectivity index is 1.20. The first kappa shape index (κ1) is 28.2. The van der Waals surface area contributed by atoms with Crippen molar-refractivity contribution < 1.29 is 0 Å². The van der Waals surface area contributed by atoms with Gasteiger partial charge in [-0.25, -0.2) is 4.98 Å². The topological polar surface area (TPSA) is 48.5 Å². The summed E-state index contributed by atoms with van der Waals surface area (Å²) in [5.74, 6) is 1.89. The minimum absolute atomic E-state index is 0.600. The summed E-state index contributed by atoms with van der Waals surface area (Å²) in [7, 11) is 0. The van der Waals surface area contributed by atoms with Gasteiger partial charge in [0, 0.05) is 58.5 Å². The van der Waals surface area contributed by atoms with Crippen LogP contribution in [-0.4, -0.2) is 24.1 Å². The maximum atomic E-state index is 5.13. The van der Waals surface area contributed by atoms with Gasteiger partial charge >= 0.3 is 0 Å². The van der Waals surface area contributed by atoms with E-state index in [1.165, 1.54) is 52.8 Å². The van der Waals surface area contributed by atoms with E-state index in [1.54, 1.807) is 0 Å². The van der Waals surface area contributed by atoms with Crippen LogP contribution in [0, 0.1) is 0 Å². The molecule has 5 nitrogen and oxygen atoms in total. The van der Waals surface area contributed by atoms with Crippen molar-refractivity contribution in [2.75, 3.05) is 0 Å². The number of thiophene rings is 1. The van der Waals surface area contributed by atoms with E-state index < -0.39 is 0 Å². The molecule has 0 aliphatic carbocycles. The Labute approximate surface area is 296 Å². The third kappa shape index (κ3) is 4.30. The second kappa shape index (κ2) is 10.9. The number of hydrogen-bond acceptors (Lipinski definition) is 4. The van der Waals surface area contributed by atoms with Crippen LogP contribution >= 0.6 is 11.3 Å². The molecule has 4 aromatic heterocycles. The maximum absolute atomic E-state index is 5.13. The molecule has 238 valence electrons. The van der Waals surface area contributed by atoms with E-state index in [1.807, 2.05) is 47.7 Å². The summed E-state index contributed by atoms with van der Waals surface area (Å²) in [6.45, 7) is 0. The average molecular weight is 670 g/mol. The van der Waals surface area contributed by atoms with Gasteiger partial charge in [0.15, 0.2) is 11.6 Å². The van der Waals surface area contributed by atoms with Crippen LogP contribution in [0.2, 0.25) is 0 Å². The minimum Gasteiger partial charge on any atom is -0.309 e. The van der Waals surface area contributed by atoms with Gasteiger partial charge in [-0.15, -0.1) is 11.3 Å². The molecule has 6 heteroatoms. The van der Waals surface area contributed by atoms with E-state index in [0.29, 0.717) is 17.6 Å². The lowest BCUT2D eigenvalue weighted by molar-refractivity contribution is 0.954. The van der Waals surface area contributed by atoms with Crippen LogP contribution < -0.4 is 0 Å². The summed E-state index contributed by atoms with van der Waals surface area (Å²) in [4.78, 5) is 15.2. The predicted molar refractivity (Wildman–Crippen MR) is 212 cm³/mol. The molecule has 0 unspecified atom stereocenters. The molecule has 7 aromatic carbocycles. The van der Waals surface area contributed by atoms with Gasteiger partial charge in [-0.05, 0) is 48.5 Å². The molecule has 0 radical (unpaired) electrons. The predicted octanol–water partition coefficient (Wildman–Crippen LogP) is 11.8. The highest BCUT2D eigenvalue weighted by atomic mass is 32.1. The van der Waals surface area contributed by atoms with E-state index in [4.69, 9.17) is 15.0 Å². The second-order valence-corrected chi connectivity index (χ2v) is 14.0. The van der Waals surface area contributed by atoms with Crippen molar-refractivity contribution in [1.29, 1.82) is 0 Å². The van der Waals surface area contributed by atoms with Crippen molar-refractivity contribution in [3.05, 3.63) is 164 Å². The van der Waals surface area contributed by atoms with E-state index >= 15 is 0 Å². The van der Waals surface area contributed by atoms with Gasteiger partial charge in [-0.1, -0.05) is 115 Å². The number of nitrogens with zero attached hydrogens (tertiary/aromatic N) is 5. The summed E-state index contributed by atoms with van der Waals surface area (Å²) in [6.07, 6.45) is 0. The highest BCUT2D eigenvalue weighted by Crippen LogP contribution is 2.43. The summed E-state index contributed by atoms with van der Waals surface area (Å²) in [5.41, 5.74) is 7.63. The molecule has 51 heavy (non-hydrogen) atoms. The molecular weight excluding hydrogens is 643 g/mol. The number of hydrogen-bond donors (Lipinski definition) is 0. The van der Waals surface area contributed by atoms with Crippen LogP contribution in [0.15, 0.2) is 164 Å². The fourth-order valence-electron chi connectivity index (χ4n) is 7.67. The zero-order chi connectivity index (χ0) is 33.5. The Bertz CT molecular complexity index is 3060. The number of benzene rings is 7. The first-order chi connectivity index (χ1) is 25.3. The molecule has 0 atom stereocenters. The molecule has 0 saturated carbocycles. The molecule has 0 fully saturated rings. The number of fused-ring (bicyclic) bond motifs is 9. The average Bonchev–Trinajstić information content (AvgIpc) is 3.83. The molecule has 4 heterocycles. The zero-order valence-electron chi connectivity index (χ0n) is 27.2. The van der Waals surface area contributed by atoms with E-state index in [0.717, 1.165) is 27.8 Å². The highest BCUT2D eigenvalue weighted by molar-refractivity contribution is 7.26. The fraction of sp³-hybridized carbons (Fsp3) is 0. The van der Waals surface area contributed by atoms with E-state index in [2.05, 4.69) is 137 Å². The van der Waals surface area contributed by atoms with Crippen molar-refractivity contribution in [2.45, 2.75) is 0 Å². The Morgan fingerprint density at radius 2 is 0.804 bits per heavy atom. The smallest absolute Gasteiger partial charge is 0.238 e. The van der Waals surface area contributed by atoms with Crippen LogP contribution in [0.3, 0.4) is 0 Å². The van der Waals surface area contributed by atoms with Crippen LogP contribution in [0.4, 0.5) is 0 Å². The van der Waals surface area contributed by atoms with Crippen LogP contribution in [0.1, 0.15) is 0 Å². The van der Waals surface area contributed by atoms with Crippen LogP contribution in [0.25, 0.3) is 98.2 Å². The van der Waals surface area contributed by atoms with Crippen molar-refractivity contribution in [3.63, 3.8) is 0 Å². The van der Waals surface area contributed by atoms with Crippen molar-refractivity contribution in [2.24, 2.45) is 0 Å². The molecule has 11 rings (SSSR count). The highest BCUT2D eigenvalue weighted by Gasteiger charge is 2.21. The maximum Gasteiger partial charge on any atom is 0.238 e. The van der Waals surface area contributed by atoms with Crippen LogP contribution in [-0.2, 0) is 0 Å². The Morgan fingerprint density at radius 3 is 1.35 bits per heavy atom. The summed E-state index contributed by atoms with van der Waals surface area (Å²) < 4.78 is 7.09. The van der Waals surface area contributed by atoms with E-state index in [9.17, 15) is 0 Å². The molecule has 0 amide bonds. The van der Waals surface area contributed by atoms with Crippen molar-refractivity contribution >= 4 is 75.1 Å². The molecule has 0 aliphatic rings. The molecular formula is C45H27N5S. The summed E-state index contributed by atoms with van der Waals surface area (Å²) in [5, 5.41) is 7.39. The Morgan fingerprint density at radius 1 is 0.353 bits per heavy atom. The lowest BCUT2D eigenvalue weighted by Crippen LogP contribution is -2.06. The van der Waals surface area contributed by atoms with Crippen LogP contribution in [0.5, 0.6) is 0 Å². The third-order valence-corrected chi connectivity index (χ3v) is 11.1. The zero-order valence-corrected chi connectivity index (χ0v) is 28.0. The van der Waals surface area contributed by atoms with Crippen molar-refractivity contribution in [3.8, 4) is 34.4 Å². The second-order valence-electron chi connectivity index (χ2n) is 12.9. The van der Waals surface area contributed by atoms with Gasteiger partial charge < -0.3 is 4.57 Å². The normalized spacial score (nSPS) is 11.9. The van der Waals surface area contributed by atoms with Gasteiger partial charge in [0.2, 0.25) is 5.95 Å². The van der Waals surface area contributed by atoms with Crippen molar-refractivity contribution in [1.82, 2.24) is 24.1 Å². The van der Waals surface area contributed by atoms with Gasteiger partial charge in [0.25, 0.3) is 0 Å². The first-order valence-corrected chi connectivity index (χ1v) is 17.9. The van der Waals surface area contributed by atoms with Gasteiger partial charge in [0.1, 0.15) is 0 Å².